The Bertz CT molecular complexity index is 840. The Morgan fingerprint density at radius 3 is 1.93 bits per heavy atom. The molecule has 29 heavy (non-hydrogen) atoms. The van der Waals surface area contributed by atoms with Gasteiger partial charge in [0, 0.05) is 36.8 Å². The second kappa shape index (κ2) is 10.4. The van der Waals surface area contributed by atoms with E-state index in [0.29, 0.717) is 13.0 Å². The van der Waals surface area contributed by atoms with Crippen molar-refractivity contribution in [3.63, 3.8) is 0 Å². The summed E-state index contributed by atoms with van der Waals surface area (Å²) in [4.78, 5) is 14.9. The van der Waals surface area contributed by atoms with Crippen molar-refractivity contribution in [3.8, 4) is 0 Å². The summed E-state index contributed by atoms with van der Waals surface area (Å²) in [7, 11) is 0. The quantitative estimate of drug-likeness (QED) is 0.560. The lowest BCUT2D eigenvalue weighted by Gasteiger charge is -2.22. The minimum atomic E-state index is -0.0156. The molecule has 2 N–H and O–H groups in total. The number of amides is 1. The van der Waals surface area contributed by atoms with E-state index >= 15 is 0 Å². The van der Waals surface area contributed by atoms with E-state index < -0.39 is 0 Å². The zero-order valence-corrected chi connectivity index (χ0v) is 16.8. The van der Waals surface area contributed by atoms with Crippen molar-refractivity contribution in [1.82, 2.24) is 0 Å². The average molecular weight is 389 g/mol. The second-order valence-corrected chi connectivity index (χ2v) is 6.98. The Morgan fingerprint density at radius 1 is 0.897 bits per heavy atom. The molecule has 4 nitrogen and oxygen atoms in total. The Balaban J connectivity index is 1.71. The lowest BCUT2D eigenvalue weighted by molar-refractivity contribution is -0.116. The number of nitrogens with zero attached hydrogens (tertiary/aromatic N) is 1. The molecule has 0 spiro atoms. The van der Waals surface area contributed by atoms with E-state index in [2.05, 4.69) is 41.4 Å². The van der Waals surface area contributed by atoms with Crippen LogP contribution >= 0.6 is 0 Å². The number of rotatable bonds is 9. The molecule has 0 bridgehead atoms. The molecule has 150 valence electrons. The van der Waals surface area contributed by atoms with Crippen LogP contribution in [0.2, 0.25) is 0 Å². The summed E-state index contributed by atoms with van der Waals surface area (Å²) in [5.74, 6) is -0.00466. The van der Waals surface area contributed by atoms with Crippen molar-refractivity contribution in [2.45, 2.75) is 19.3 Å². The highest BCUT2D eigenvalue weighted by atomic mass is 16.3. The third-order valence-electron chi connectivity index (χ3n) is 5.06. The molecule has 0 aromatic heterocycles. The minimum Gasteiger partial charge on any atom is -0.395 e. The lowest BCUT2D eigenvalue weighted by Crippen LogP contribution is -2.26. The molecule has 3 aromatic carbocycles. The van der Waals surface area contributed by atoms with Gasteiger partial charge in [0.1, 0.15) is 0 Å². The first kappa shape index (κ1) is 20.6. The van der Waals surface area contributed by atoms with Crippen LogP contribution in [-0.4, -0.2) is 30.7 Å². The minimum absolute atomic E-state index is 0.0109. The number of anilines is 2. The highest BCUT2D eigenvalue weighted by Crippen LogP contribution is 2.28. The van der Waals surface area contributed by atoms with Crippen LogP contribution in [0, 0.1) is 0 Å². The van der Waals surface area contributed by atoms with E-state index in [1.165, 1.54) is 0 Å². The normalized spacial score (nSPS) is 10.7. The largest absolute Gasteiger partial charge is 0.395 e. The first-order valence-electron chi connectivity index (χ1n) is 10.1. The molecular weight excluding hydrogens is 360 g/mol. The van der Waals surface area contributed by atoms with E-state index in [1.54, 1.807) is 0 Å². The van der Waals surface area contributed by atoms with Crippen LogP contribution in [0.4, 0.5) is 11.4 Å². The zero-order chi connectivity index (χ0) is 20.5. The van der Waals surface area contributed by atoms with E-state index in [-0.39, 0.29) is 18.4 Å². The predicted octanol–water partition coefficient (Wildman–Crippen LogP) is 4.67. The maximum Gasteiger partial charge on any atom is 0.225 e. The van der Waals surface area contributed by atoms with Gasteiger partial charge in [0.15, 0.2) is 0 Å². The highest BCUT2D eigenvalue weighted by Gasteiger charge is 2.18. The molecule has 0 aliphatic rings. The fourth-order valence-corrected chi connectivity index (χ4v) is 3.54. The van der Waals surface area contributed by atoms with Crippen molar-refractivity contribution in [3.05, 3.63) is 96.1 Å². The van der Waals surface area contributed by atoms with Gasteiger partial charge >= 0.3 is 0 Å². The van der Waals surface area contributed by atoms with Crippen LogP contribution < -0.4 is 10.2 Å². The van der Waals surface area contributed by atoms with Gasteiger partial charge in [0.2, 0.25) is 5.91 Å². The first-order chi connectivity index (χ1) is 14.2. The summed E-state index contributed by atoms with van der Waals surface area (Å²) in [5, 5.41) is 12.2. The van der Waals surface area contributed by atoms with Gasteiger partial charge in [-0.15, -0.1) is 0 Å². The van der Waals surface area contributed by atoms with Gasteiger partial charge in [-0.3, -0.25) is 4.79 Å². The molecule has 0 saturated carbocycles. The Hall–Kier alpha value is -3.11. The number of hydrogen-bond donors (Lipinski definition) is 2. The molecule has 0 atom stereocenters. The van der Waals surface area contributed by atoms with Crippen LogP contribution in [-0.2, 0) is 4.79 Å². The molecular formula is C25H28N2O2. The van der Waals surface area contributed by atoms with E-state index in [9.17, 15) is 9.90 Å². The highest BCUT2D eigenvalue weighted by molar-refractivity contribution is 5.91. The summed E-state index contributed by atoms with van der Waals surface area (Å²) in [6.07, 6.45) is 0.376. The molecule has 0 aliphatic carbocycles. The van der Waals surface area contributed by atoms with Crippen LogP contribution in [0.15, 0.2) is 84.9 Å². The monoisotopic (exact) mass is 388 g/mol. The first-order valence-corrected chi connectivity index (χ1v) is 10.1. The SMILES string of the molecule is CCN(CCO)c1ccc(NC(=O)CC(c2ccccc2)c2ccccc2)cc1. The van der Waals surface area contributed by atoms with Crippen LogP contribution in [0.1, 0.15) is 30.4 Å². The zero-order valence-electron chi connectivity index (χ0n) is 16.8. The fourth-order valence-electron chi connectivity index (χ4n) is 3.54. The molecule has 0 radical (unpaired) electrons. The number of carbonyl (C=O) groups is 1. The maximum absolute atomic E-state index is 12.8. The molecule has 3 aromatic rings. The van der Waals surface area contributed by atoms with Crippen LogP contribution in [0.25, 0.3) is 0 Å². The molecule has 0 saturated heterocycles. The molecule has 4 heteroatoms. The van der Waals surface area contributed by atoms with E-state index in [0.717, 1.165) is 29.0 Å². The van der Waals surface area contributed by atoms with Crippen molar-refractivity contribution in [2.24, 2.45) is 0 Å². The third-order valence-corrected chi connectivity index (χ3v) is 5.06. The van der Waals surface area contributed by atoms with Crippen LogP contribution in [0.5, 0.6) is 0 Å². The summed E-state index contributed by atoms with van der Waals surface area (Å²) in [6.45, 7) is 3.59. The standard InChI is InChI=1S/C25H28N2O2/c1-2-27(17-18-28)23-15-13-22(14-16-23)26-25(29)19-24(20-9-5-3-6-10-20)21-11-7-4-8-12-21/h3-16,24,28H,2,17-19H2,1H3,(H,26,29). The van der Waals surface area contributed by atoms with Crippen molar-refractivity contribution in [1.29, 1.82) is 0 Å². The third kappa shape index (κ3) is 5.69. The number of aliphatic hydroxyl groups excluding tert-OH is 1. The lowest BCUT2D eigenvalue weighted by atomic mass is 9.88. The second-order valence-electron chi connectivity index (χ2n) is 6.98. The van der Waals surface area contributed by atoms with Crippen molar-refractivity contribution in [2.75, 3.05) is 29.9 Å². The fraction of sp³-hybridized carbons (Fsp3) is 0.240. The smallest absolute Gasteiger partial charge is 0.225 e. The molecule has 0 heterocycles. The predicted molar refractivity (Wildman–Crippen MR) is 119 cm³/mol. The molecule has 1 amide bonds. The van der Waals surface area contributed by atoms with Crippen molar-refractivity contribution < 1.29 is 9.90 Å². The Morgan fingerprint density at radius 2 is 1.45 bits per heavy atom. The van der Waals surface area contributed by atoms with Crippen molar-refractivity contribution >= 4 is 17.3 Å². The number of likely N-dealkylation sites (N-methyl/N-ethyl adjacent to an activating group) is 1. The summed E-state index contributed by atoms with van der Waals surface area (Å²) < 4.78 is 0. The van der Waals surface area contributed by atoms with Gasteiger partial charge in [-0.05, 0) is 42.3 Å². The maximum atomic E-state index is 12.8. The van der Waals surface area contributed by atoms with Gasteiger partial charge in [-0.1, -0.05) is 60.7 Å². The molecule has 0 unspecified atom stereocenters. The summed E-state index contributed by atoms with van der Waals surface area (Å²) >= 11 is 0. The average Bonchev–Trinajstić information content (AvgIpc) is 2.78. The number of hydrogen-bond acceptors (Lipinski definition) is 3. The Kier molecular flexibility index (Phi) is 7.42. The van der Waals surface area contributed by atoms with Gasteiger partial charge < -0.3 is 15.3 Å². The van der Waals surface area contributed by atoms with Gasteiger partial charge in [0.25, 0.3) is 0 Å². The van der Waals surface area contributed by atoms with E-state index in [1.807, 2.05) is 60.7 Å². The molecule has 3 rings (SSSR count). The number of carbonyl (C=O) groups excluding carboxylic acids is 1. The Labute approximate surface area is 172 Å². The number of benzene rings is 3. The molecule has 0 fully saturated rings. The van der Waals surface area contributed by atoms with Crippen LogP contribution in [0.3, 0.4) is 0 Å². The van der Waals surface area contributed by atoms with Gasteiger partial charge in [-0.2, -0.15) is 0 Å². The number of nitrogens with one attached hydrogen (secondary N) is 1. The van der Waals surface area contributed by atoms with Gasteiger partial charge in [0.05, 0.1) is 6.61 Å². The summed E-state index contributed by atoms with van der Waals surface area (Å²) in [5.41, 5.74) is 4.07. The summed E-state index contributed by atoms with van der Waals surface area (Å²) in [6, 6.07) is 28.1. The van der Waals surface area contributed by atoms with Gasteiger partial charge in [-0.25, -0.2) is 0 Å². The van der Waals surface area contributed by atoms with E-state index in [4.69, 9.17) is 0 Å². The topological polar surface area (TPSA) is 52.6 Å². The number of aliphatic hydroxyl groups is 1. The molecule has 0 aliphatic heterocycles.